The lowest BCUT2D eigenvalue weighted by atomic mass is 10.2. The standard InChI is InChI=1S/C9H15NO2/c1-3-7-4-5-9(12-7)8(10)6-11-2/h4-5,8H,3,6,10H2,1-2H3/t8-/m1/s1. The van der Waals surface area contributed by atoms with Gasteiger partial charge < -0.3 is 14.9 Å². The molecule has 0 unspecified atom stereocenters. The highest BCUT2D eigenvalue weighted by Gasteiger charge is 2.09. The van der Waals surface area contributed by atoms with Crippen molar-refractivity contribution in [1.82, 2.24) is 0 Å². The monoisotopic (exact) mass is 169 g/mol. The summed E-state index contributed by atoms with van der Waals surface area (Å²) >= 11 is 0. The first-order valence-electron chi connectivity index (χ1n) is 4.11. The zero-order valence-electron chi connectivity index (χ0n) is 7.54. The van der Waals surface area contributed by atoms with Gasteiger partial charge in [0.05, 0.1) is 12.6 Å². The normalized spacial score (nSPS) is 13.2. The molecule has 0 aliphatic rings. The summed E-state index contributed by atoms with van der Waals surface area (Å²) in [6, 6.07) is 3.71. The van der Waals surface area contributed by atoms with Crippen LogP contribution in [-0.4, -0.2) is 13.7 Å². The number of nitrogens with two attached hydrogens (primary N) is 1. The zero-order valence-corrected chi connectivity index (χ0v) is 7.54. The van der Waals surface area contributed by atoms with Crippen LogP contribution < -0.4 is 5.73 Å². The first kappa shape index (κ1) is 9.29. The third-order valence-corrected chi connectivity index (χ3v) is 1.74. The van der Waals surface area contributed by atoms with Crippen LogP contribution in [0.5, 0.6) is 0 Å². The van der Waals surface area contributed by atoms with E-state index >= 15 is 0 Å². The molecule has 3 heteroatoms. The molecule has 1 aromatic heterocycles. The Labute approximate surface area is 72.5 Å². The number of aryl methyl sites for hydroxylation is 1. The number of hydrogen-bond donors (Lipinski definition) is 1. The Hall–Kier alpha value is -0.800. The summed E-state index contributed by atoms with van der Waals surface area (Å²) in [6.45, 7) is 2.54. The summed E-state index contributed by atoms with van der Waals surface area (Å²) in [5.41, 5.74) is 5.75. The van der Waals surface area contributed by atoms with Gasteiger partial charge in [-0.25, -0.2) is 0 Å². The van der Waals surface area contributed by atoms with Crippen LogP contribution in [0.25, 0.3) is 0 Å². The van der Waals surface area contributed by atoms with Crippen LogP contribution in [0.15, 0.2) is 16.5 Å². The summed E-state index contributed by atoms with van der Waals surface area (Å²) in [6.07, 6.45) is 0.902. The summed E-state index contributed by atoms with van der Waals surface area (Å²) < 4.78 is 10.4. The lowest BCUT2D eigenvalue weighted by molar-refractivity contribution is 0.172. The highest BCUT2D eigenvalue weighted by Crippen LogP contribution is 2.14. The molecule has 0 aliphatic heterocycles. The summed E-state index contributed by atoms with van der Waals surface area (Å²) in [5.74, 6) is 1.77. The molecule has 0 radical (unpaired) electrons. The van der Waals surface area contributed by atoms with Gasteiger partial charge in [-0.1, -0.05) is 6.92 Å². The van der Waals surface area contributed by atoms with Crippen LogP contribution >= 0.6 is 0 Å². The van der Waals surface area contributed by atoms with Crippen molar-refractivity contribution in [2.75, 3.05) is 13.7 Å². The first-order valence-corrected chi connectivity index (χ1v) is 4.11. The SMILES string of the molecule is CCc1ccc([C@H](N)COC)o1. The third kappa shape index (κ3) is 2.09. The average molecular weight is 169 g/mol. The summed E-state index contributed by atoms with van der Waals surface area (Å²) in [7, 11) is 1.63. The van der Waals surface area contributed by atoms with Gasteiger partial charge in [0, 0.05) is 13.5 Å². The second-order valence-electron chi connectivity index (χ2n) is 2.72. The van der Waals surface area contributed by atoms with Crippen LogP contribution in [0, 0.1) is 0 Å². The van der Waals surface area contributed by atoms with E-state index in [4.69, 9.17) is 14.9 Å². The largest absolute Gasteiger partial charge is 0.464 e. The van der Waals surface area contributed by atoms with Gasteiger partial charge in [0.2, 0.25) is 0 Å². The molecule has 3 nitrogen and oxygen atoms in total. The van der Waals surface area contributed by atoms with Gasteiger partial charge in [-0.15, -0.1) is 0 Å². The quantitative estimate of drug-likeness (QED) is 0.742. The van der Waals surface area contributed by atoms with Gasteiger partial charge in [-0.2, -0.15) is 0 Å². The van der Waals surface area contributed by atoms with Crippen LogP contribution in [0.1, 0.15) is 24.5 Å². The second-order valence-corrected chi connectivity index (χ2v) is 2.72. The molecule has 68 valence electrons. The number of ether oxygens (including phenoxy) is 1. The Bertz CT molecular complexity index is 232. The van der Waals surface area contributed by atoms with Crippen molar-refractivity contribution in [3.63, 3.8) is 0 Å². The van der Waals surface area contributed by atoms with Gasteiger partial charge in [0.15, 0.2) is 0 Å². The fraction of sp³-hybridized carbons (Fsp3) is 0.556. The molecular formula is C9H15NO2. The van der Waals surface area contributed by atoms with Crippen molar-refractivity contribution >= 4 is 0 Å². The van der Waals surface area contributed by atoms with E-state index in [1.54, 1.807) is 7.11 Å². The van der Waals surface area contributed by atoms with Crippen molar-refractivity contribution in [3.05, 3.63) is 23.7 Å². The topological polar surface area (TPSA) is 48.4 Å². The van der Waals surface area contributed by atoms with Crippen molar-refractivity contribution < 1.29 is 9.15 Å². The Morgan fingerprint density at radius 3 is 2.83 bits per heavy atom. The minimum Gasteiger partial charge on any atom is -0.464 e. The Kier molecular flexibility index (Phi) is 3.31. The summed E-state index contributed by atoms with van der Waals surface area (Å²) in [4.78, 5) is 0. The molecule has 1 aromatic rings. The molecule has 0 spiro atoms. The Morgan fingerprint density at radius 1 is 1.58 bits per heavy atom. The fourth-order valence-electron chi connectivity index (χ4n) is 1.05. The molecule has 0 fully saturated rings. The Morgan fingerprint density at radius 2 is 2.33 bits per heavy atom. The highest BCUT2D eigenvalue weighted by molar-refractivity contribution is 5.10. The lowest BCUT2D eigenvalue weighted by Crippen LogP contribution is -2.15. The van der Waals surface area contributed by atoms with E-state index in [1.165, 1.54) is 0 Å². The average Bonchev–Trinajstić information content (AvgIpc) is 2.52. The predicted molar refractivity (Wildman–Crippen MR) is 46.9 cm³/mol. The fourth-order valence-corrected chi connectivity index (χ4v) is 1.05. The molecule has 1 heterocycles. The predicted octanol–water partition coefficient (Wildman–Crippen LogP) is 1.49. The molecule has 0 aromatic carbocycles. The van der Waals surface area contributed by atoms with Gasteiger partial charge in [0.1, 0.15) is 11.5 Å². The number of furan rings is 1. The first-order chi connectivity index (χ1) is 5.77. The van der Waals surface area contributed by atoms with Crippen LogP contribution in [0.4, 0.5) is 0 Å². The molecule has 1 rings (SSSR count). The van der Waals surface area contributed by atoms with Crippen molar-refractivity contribution in [1.29, 1.82) is 0 Å². The molecule has 0 amide bonds. The van der Waals surface area contributed by atoms with Crippen LogP contribution in [-0.2, 0) is 11.2 Å². The van der Waals surface area contributed by atoms with Gasteiger partial charge >= 0.3 is 0 Å². The van der Waals surface area contributed by atoms with Gasteiger partial charge in [-0.05, 0) is 12.1 Å². The molecular weight excluding hydrogens is 154 g/mol. The Balaban J connectivity index is 2.61. The maximum atomic E-state index is 5.75. The van der Waals surface area contributed by atoms with Gasteiger partial charge in [-0.3, -0.25) is 0 Å². The summed E-state index contributed by atoms with van der Waals surface area (Å²) in [5, 5.41) is 0. The molecule has 0 bridgehead atoms. The minimum atomic E-state index is -0.143. The van der Waals surface area contributed by atoms with E-state index in [2.05, 4.69) is 0 Å². The molecule has 12 heavy (non-hydrogen) atoms. The molecule has 0 saturated carbocycles. The highest BCUT2D eigenvalue weighted by atomic mass is 16.5. The third-order valence-electron chi connectivity index (χ3n) is 1.74. The smallest absolute Gasteiger partial charge is 0.123 e. The van der Waals surface area contributed by atoms with Gasteiger partial charge in [0.25, 0.3) is 0 Å². The number of rotatable bonds is 4. The molecule has 2 N–H and O–H groups in total. The molecule has 1 atom stereocenters. The maximum absolute atomic E-state index is 5.75. The van der Waals surface area contributed by atoms with Crippen LogP contribution in [0.2, 0.25) is 0 Å². The van der Waals surface area contributed by atoms with E-state index in [0.29, 0.717) is 6.61 Å². The molecule has 0 aliphatic carbocycles. The van der Waals surface area contributed by atoms with Crippen molar-refractivity contribution in [3.8, 4) is 0 Å². The van der Waals surface area contributed by atoms with Crippen LogP contribution in [0.3, 0.4) is 0 Å². The number of methoxy groups -OCH3 is 1. The van der Waals surface area contributed by atoms with E-state index in [-0.39, 0.29) is 6.04 Å². The number of hydrogen-bond acceptors (Lipinski definition) is 3. The second kappa shape index (κ2) is 4.28. The van der Waals surface area contributed by atoms with E-state index in [9.17, 15) is 0 Å². The maximum Gasteiger partial charge on any atom is 0.123 e. The lowest BCUT2D eigenvalue weighted by Gasteiger charge is -2.05. The molecule has 0 saturated heterocycles. The van der Waals surface area contributed by atoms with E-state index in [0.717, 1.165) is 17.9 Å². The van der Waals surface area contributed by atoms with Crippen molar-refractivity contribution in [2.24, 2.45) is 5.73 Å². The zero-order chi connectivity index (χ0) is 8.97. The minimum absolute atomic E-state index is 0.143. The van der Waals surface area contributed by atoms with Crippen molar-refractivity contribution in [2.45, 2.75) is 19.4 Å². The van der Waals surface area contributed by atoms with E-state index in [1.807, 2.05) is 19.1 Å². The van der Waals surface area contributed by atoms with E-state index < -0.39 is 0 Å².